The van der Waals surface area contributed by atoms with Crippen molar-refractivity contribution in [2.24, 2.45) is 0 Å². The molecule has 0 heterocycles. The van der Waals surface area contributed by atoms with Crippen LogP contribution in [0.1, 0.15) is 29.5 Å². The average Bonchev–Trinajstić information content (AvgIpc) is 2.85. The molecule has 0 spiro atoms. The number of ether oxygens (including phenoxy) is 2. The number of carbonyl (C=O) groups is 3. The molecular weight excluding hydrogens is 525 g/mol. The number of para-hydroxylation sites is 1. The Morgan fingerprint density at radius 1 is 0.868 bits per heavy atom. The Morgan fingerprint density at radius 3 is 2.16 bits per heavy atom. The zero-order chi connectivity index (χ0) is 27.9. The van der Waals surface area contributed by atoms with Crippen LogP contribution in [0.4, 0.5) is 24.5 Å². The van der Waals surface area contributed by atoms with E-state index in [0.717, 1.165) is 29.0 Å². The standard InChI is InChI=1S/C27H24ClF3N2O5/c1-16-4-3-5-17(2)26(16)38-20-9-7-19(8-10-20)32-23(34)12-13-25(36)37-15-24(35)33-22-14-18(27(29,30)31)6-11-21(22)28/h3-11,14H,12-13,15H2,1-2H3,(H,32,34)(H,33,35). The number of amides is 2. The number of nitrogens with one attached hydrogen (secondary N) is 2. The number of halogens is 4. The predicted octanol–water partition coefficient (Wildman–Crippen LogP) is 6.67. The summed E-state index contributed by atoms with van der Waals surface area (Å²) in [6, 6.07) is 15.0. The van der Waals surface area contributed by atoms with E-state index in [-0.39, 0.29) is 23.6 Å². The summed E-state index contributed by atoms with van der Waals surface area (Å²) in [4.78, 5) is 36.1. The van der Waals surface area contributed by atoms with E-state index in [0.29, 0.717) is 17.5 Å². The fourth-order valence-corrected chi connectivity index (χ4v) is 3.49. The van der Waals surface area contributed by atoms with Gasteiger partial charge in [0.05, 0.1) is 22.7 Å². The number of anilines is 2. The number of alkyl halides is 3. The Balaban J connectivity index is 1.42. The van der Waals surface area contributed by atoms with Crippen molar-refractivity contribution < 1.29 is 37.0 Å². The molecule has 0 atom stereocenters. The van der Waals surface area contributed by atoms with E-state index in [9.17, 15) is 27.6 Å². The summed E-state index contributed by atoms with van der Waals surface area (Å²) in [5.74, 6) is -0.816. The van der Waals surface area contributed by atoms with Gasteiger partial charge >= 0.3 is 12.1 Å². The number of carbonyl (C=O) groups excluding carboxylic acids is 3. The fourth-order valence-electron chi connectivity index (χ4n) is 3.33. The van der Waals surface area contributed by atoms with Crippen molar-refractivity contribution in [2.45, 2.75) is 32.9 Å². The molecule has 0 bridgehead atoms. The quantitative estimate of drug-likeness (QED) is 0.291. The number of aryl methyl sites for hydroxylation is 2. The van der Waals surface area contributed by atoms with E-state index in [4.69, 9.17) is 21.1 Å². The van der Waals surface area contributed by atoms with Crippen LogP contribution in [0.5, 0.6) is 11.5 Å². The highest BCUT2D eigenvalue weighted by Crippen LogP contribution is 2.34. The molecule has 0 saturated heterocycles. The SMILES string of the molecule is Cc1cccc(C)c1Oc1ccc(NC(=O)CCC(=O)OCC(=O)Nc2cc(C(F)(F)F)ccc2Cl)cc1. The molecule has 2 amide bonds. The minimum Gasteiger partial charge on any atom is -0.457 e. The molecule has 0 aliphatic heterocycles. The van der Waals surface area contributed by atoms with Crippen LogP contribution in [0.25, 0.3) is 0 Å². The molecule has 0 saturated carbocycles. The summed E-state index contributed by atoms with van der Waals surface area (Å²) < 4.78 is 49.2. The van der Waals surface area contributed by atoms with Gasteiger partial charge in [0.1, 0.15) is 11.5 Å². The summed E-state index contributed by atoms with van der Waals surface area (Å²) in [5, 5.41) is 4.70. The lowest BCUT2D eigenvalue weighted by Crippen LogP contribution is -2.22. The van der Waals surface area contributed by atoms with Gasteiger partial charge in [-0.1, -0.05) is 29.8 Å². The normalized spacial score (nSPS) is 11.0. The molecule has 200 valence electrons. The van der Waals surface area contributed by atoms with E-state index in [1.807, 2.05) is 32.0 Å². The van der Waals surface area contributed by atoms with E-state index >= 15 is 0 Å². The summed E-state index contributed by atoms with van der Waals surface area (Å²) in [6.45, 7) is 3.13. The molecular formula is C27H24ClF3N2O5. The smallest absolute Gasteiger partial charge is 0.416 e. The lowest BCUT2D eigenvalue weighted by molar-refractivity contribution is -0.147. The molecule has 3 rings (SSSR count). The Morgan fingerprint density at radius 2 is 1.53 bits per heavy atom. The first-order chi connectivity index (χ1) is 17.9. The number of esters is 1. The second kappa shape index (κ2) is 12.5. The van der Waals surface area contributed by atoms with Crippen molar-refractivity contribution in [3.63, 3.8) is 0 Å². The zero-order valence-electron chi connectivity index (χ0n) is 20.4. The average molecular weight is 549 g/mol. The second-order valence-electron chi connectivity index (χ2n) is 8.30. The van der Waals surface area contributed by atoms with E-state index in [1.54, 1.807) is 24.3 Å². The molecule has 7 nitrogen and oxygen atoms in total. The Kier molecular flexibility index (Phi) is 9.35. The van der Waals surface area contributed by atoms with Crippen LogP contribution < -0.4 is 15.4 Å². The van der Waals surface area contributed by atoms with Crippen molar-refractivity contribution in [1.29, 1.82) is 0 Å². The van der Waals surface area contributed by atoms with E-state index in [1.165, 1.54) is 0 Å². The first kappa shape index (κ1) is 28.5. The maximum atomic E-state index is 12.8. The molecule has 0 aromatic heterocycles. The first-order valence-corrected chi connectivity index (χ1v) is 11.8. The third-order valence-electron chi connectivity index (χ3n) is 5.25. The maximum Gasteiger partial charge on any atom is 0.416 e. The third kappa shape index (κ3) is 8.24. The molecule has 0 aliphatic carbocycles. The molecule has 2 N–H and O–H groups in total. The van der Waals surface area contributed by atoms with Crippen LogP contribution in [0.15, 0.2) is 60.7 Å². The topological polar surface area (TPSA) is 93.7 Å². The minimum atomic E-state index is -4.62. The molecule has 3 aromatic rings. The monoisotopic (exact) mass is 548 g/mol. The van der Waals surface area contributed by atoms with Gasteiger partial charge in [-0.3, -0.25) is 14.4 Å². The number of hydrogen-bond donors (Lipinski definition) is 2. The summed E-state index contributed by atoms with van der Waals surface area (Å²) in [5.41, 5.74) is 1.21. The maximum absolute atomic E-state index is 12.8. The van der Waals surface area contributed by atoms with Gasteiger partial charge in [-0.15, -0.1) is 0 Å². The van der Waals surface area contributed by atoms with Crippen molar-refractivity contribution in [3.05, 3.63) is 82.4 Å². The van der Waals surface area contributed by atoms with Crippen molar-refractivity contribution in [3.8, 4) is 11.5 Å². The Labute approximate surface area is 221 Å². The largest absolute Gasteiger partial charge is 0.457 e. The van der Waals surface area contributed by atoms with E-state index < -0.39 is 36.1 Å². The van der Waals surface area contributed by atoms with Gasteiger partial charge in [-0.2, -0.15) is 13.2 Å². The lowest BCUT2D eigenvalue weighted by atomic mass is 10.1. The minimum absolute atomic E-state index is 0.112. The van der Waals surface area contributed by atoms with Gasteiger partial charge < -0.3 is 20.1 Å². The van der Waals surface area contributed by atoms with Gasteiger partial charge in [-0.05, 0) is 67.4 Å². The number of hydrogen-bond acceptors (Lipinski definition) is 5. The van der Waals surface area contributed by atoms with Crippen molar-refractivity contribution in [1.82, 2.24) is 0 Å². The van der Waals surface area contributed by atoms with Crippen LogP contribution in [-0.4, -0.2) is 24.4 Å². The van der Waals surface area contributed by atoms with Crippen molar-refractivity contribution in [2.75, 3.05) is 17.2 Å². The molecule has 11 heteroatoms. The fraction of sp³-hybridized carbons (Fsp3) is 0.222. The third-order valence-corrected chi connectivity index (χ3v) is 5.58. The first-order valence-electron chi connectivity index (χ1n) is 11.4. The number of rotatable bonds is 9. The molecule has 0 unspecified atom stereocenters. The van der Waals surface area contributed by atoms with Crippen LogP contribution >= 0.6 is 11.6 Å². The molecule has 0 fully saturated rings. The van der Waals surface area contributed by atoms with Crippen LogP contribution in [0.3, 0.4) is 0 Å². The molecule has 0 radical (unpaired) electrons. The van der Waals surface area contributed by atoms with Gasteiger partial charge in [-0.25, -0.2) is 0 Å². The van der Waals surface area contributed by atoms with Gasteiger partial charge in [0, 0.05) is 12.1 Å². The number of benzene rings is 3. The highest BCUT2D eigenvalue weighted by molar-refractivity contribution is 6.33. The summed E-state index contributed by atoms with van der Waals surface area (Å²) in [7, 11) is 0. The van der Waals surface area contributed by atoms with Crippen LogP contribution in [0.2, 0.25) is 5.02 Å². The molecule has 3 aromatic carbocycles. The second-order valence-corrected chi connectivity index (χ2v) is 8.70. The Bertz CT molecular complexity index is 1310. The van der Waals surface area contributed by atoms with Crippen molar-refractivity contribution >= 4 is 40.8 Å². The highest BCUT2D eigenvalue weighted by Gasteiger charge is 2.31. The van der Waals surface area contributed by atoms with E-state index in [2.05, 4.69) is 10.6 Å². The summed E-state index contributed by atoms with van der Waals surface area (Å²) in [6.07, 6.45) is -5.13. The van der Waals surface area contributed by atoms with Gasteiger partial charge in [0.25, 0.3) is 5.91 Å². The Hall–Kier alpha value is -4.05. The zero-order valence-corrected chi connectivity index (χ0v) is 21.2. The summed E-state index contributed by atoms with van der Waals surface area (Å²) >= 11 is 5.82. The predicted molar refractivity (Wildman–Crippen MR) is 136 cm³/mol. The van der Waals surface area contributed by atoms with Gasteiger partial charge in [0.15, 0.2) is 6.61 Å². The van der Waals surface area contributed by atoms with Gasteiger partial charge in [0.2, 0.25) is 5.91 Å². The molecule has 0 aliphatic rings. The highest BCUT2D eigenvalue weighted by atomic mass is 35.5. The van der Waals surface area contributed by atoms with Crippen LogP contribution in [-0.2, 0) is 25.3 Å². The van der Waals surface area contributed by atoms with Crippen LogP contribution in [0, 0.1) is 13.8 Å². The lowest BCUT2D eigenvalue weighted by Gasteiger charge is -2.12. The molecule has 38 heavy (non-hydrogen) atoms.